The van der Waals surface area contributed by atoms with Crippen molar-refractivity contribution in [3.05, 3.63) is 69.8 Å². The van der Waals surface area contributed by atoms with E-state index in [0.29, 0.717) is 13.0 Å². The maximum Gasteiger partial charge on any atom is 0.232 e. The van der Waals surface area contributed by atoms with E-state index in [2.05, 4.69) is 15.9 Å². The smallest absolute Gasteiger partial charge is 0.232 e. The van der Waals surface area contributed by atoms with E-state index in [1.54, 1.807) is 4.90 Å². The molecule has 0 N–H and O–H groups in total. The van der Waals surface area contributed by atoms with Crippen molar-refractivity contribution in [3.63, 3.8) is 0 Å². The number of amides is 1. The molecule has 0 radical (unpaired) electrons. The van der Waals surface area contributed by atoms with Gasteiger partial charge in [-0.15, -0.1) is 0 Å². The van der Waals surface area contributed by atoms with Gasteiger partial charge in [0.1, 0.15) is 5.75 Å². The van der Waals surface area contributed by atoms with Crippen LogP contribution in [0.1, 0.15) is 44.1 Å². The number of carbonyl (C=O) groups is 2. The Bertz CT molecular complexity index is 949. The van der Waals surface area contributed by atoms with Crippen LogP contribution in [0, 0.1) is 0 Å². The lowest BCUT2D eigenvalue weighted by molar-refractivity contribution is -0.119. The number of benzene rings is 2. The maximum absolute atomic E-state index is 13.2. The van der Waals surface area contributed by atoms with Gasteiger partial charge >= 0.3 is 0 Å². The Hall–Kier alpha value is -2.40. The first-order chi connectivity index (χ1) is 13.6. The van der Waals surface area contributed by atoms with Gasteiger partial charge in [0.15, 0.2) is 5.78 Å². The Kier molecular flexibility index (Phi) is 5.36. The minimum Gasteiger partial charge on any atom is -0.494 e. The van der Waals surface area contributed by atoms with Crippen molar-refractivity contribution >= 4 is 33.3 Å². The normalized spacial score (nSPS) is 19.6. The number of ether oxygens (including phenoxy) is 1. The highest BCUT2D eigenvalue weighted by molar-refractivity contribution is 9.10. The lowest BCUT2D eigenvalue weighted by Gasteiger charge is -2.38. The number of hydrogen-bond donors (Lipinski definition) is 0. The SMILES string of the molecule is CCOc1ccccc1C1CC(=O)N(c2ccc(Br)cc2)C2=C1C(=O)CCC2. The zero-order valence-corrected chi connectivity index (χ0v) is 17.4. The molecule has 1 unspecified atom stereocenters. The van der Waals surface area contributed by atoms with Gasteiger partial charge in [0.2, 0.25) is 5.91 Å². The zero-order chi connectivity index (χ0) is 19.7. The Morgan fingerprint density at radius 2 is 1.82 bits per heavy atom. The largest absolute Gasteiger partial charge is 0.494 e. The Morgan fingerprint density at radius 3 is 2.57 bits per heavy atom. The van der Waals surface area contributed by atoms with Gasteiger partial charge in [0.25, 0.3) is 0 Å². The fraction of sp³-hybridized carbons (Fsp3) is 0.304. The third kappa shape index (κ3) is 3.39. The number of allylic oxidation sites excluding steroid dienone is 2. The number of rotatable bonds is 4. The highest BCUT2D eigenvalue weighted by atomic mass is 79.9. The number of para-hydroxylation sites is 1. The van der Waals surface area contributed by atoms with Gasteiger partial charge in [-0.3, -0.25) is 14.5 Å². The fourth-order valence-electron chi connectivity index (χ4n) is 4.20. The summed E-state index contributed by atoms with van der Waals surface area (Å²) in [5.74, 6) is 0.675. The van der Waals surface area contributed by atoms with E-state index >= 15 is 0 Å². The Morgan fingerprint density at radius 1 is 1.07 bits per heavy atom. The minimum atomic E-state index is -0.246. The van der Waals surface area contributed by atoms with Crippen LogP contribution in [-0.4, -0.2) is 18.3 Å². The maximum atomic E-state index is 13.2. The van der Waals surface area contributed by atoms with Crippen molar-refractivity contribution in [1.82, 2.24) is 0 Å². The van der Waals surface area contributed by atoms with E-state index in [0.717, 1.165) is 45.6 Å². The van der Waals surface area contributed by atoms with Gasteiger partial charge in [0.05, 0.1) is 6.61 Å². The lowest BCUT2D eigenvalue weighted by atomic mass is 9.77. The van der Waals surface area contributed by atoms with Crippen molar-refractivity contribution in [2.24, 2.45) is 0 Å². The average Bonchev–Trinajstić information content (AvgIpc) is 2.69. The molecule has 0 saturated heterocycles. The third-order valence-corrected chi connectivity index (χ3v) is 5.88. The summed E-state index contributed by atoms with van der Waals surface area (Å²) in [5, 5.41) is 0. The molecule has 2 aromatic carbocycles. The van der Waals surface area contributed by atoms with E-state index < -0.39 is 0 Å². The molecule has 4 nitrogen and oxygen atoms in total. The summed E-state index contributed by atoms with van der Waals surface area (Å²) < 4.78 is 6.76. The van der Waals surface area contributed by atoms with Crippen molar-refractivity contribution < 1.29 is 14.3 Å². The van der Waals surface area contributed by atoms with E-state index in [1.165, 1.54) is 0 Å². The molecule has 28 heavy (non-hydrogen) atoms. The molecule has 2 aromatic rings. The molecule has 0 saturated carbocycles. The van der Waals surface area contributed by atoms with Gasteiger partial charge in [0, 0.05) is 45.8 Å². The number of nitrogens with zero attached hydrogens (tertiary/aromatic N) is 1. The first kappa shape index (κ1) is 18.9. The summed E-state index contributed by atoms with van der Waals surface area (Å²) in [6.45, 7) is 2.48. The summed E-state index contributed by atoms with van der Waals surface area (Å²) in [6, 6.07) is 15.4. The highest BCUT2D eigenvalue weighted by Gasteiger charge is 2.40. The van der Waals surface area contributed by atoms with Crippen LogP contribution >= 0.6 is 15.9 Å². The summed E-state index contributed by atoms with van der Waals surface area (Å²) in [4.78, 5) is 27.9. The van der Waals surface area contributed by atoms with Gasteiger partial charge in [-0.2, -0.15) is 0 Å². The highest BCUT2D eigenvalue weighted by Crippen LogP contribution is 2.45. The molecule has 1 atom stereocenters. The number of Topliss-reactive ketones (excluding diaryl/α,β-unsaturated/α-hetero) is 1. The van der Waals surface area contributed by atoms with E-state index in [-0.39, 0.29) is 24.0 Å². The molecule has 0 spiro atoms. The first-order valence-electron chi connectivity index (χ1n) is 9.66. The molecule has 1 heterocycles. The van der Waals surface area contributed by atoms with Crippen LogP contribution in [0.3, 0.4) is 0 Å². The van der Waals surface area contributed by atoms with Crippen molar-refractivity contribution in [2.75, 3.05) is 11.5 Å². The molecule has 0 aromatic heterocycles. The molecule has 1 aliphatic carbocycles. The van der Waals surface area contributed by atoms with Crippen LogP contribution < -0.4 is 9.64 Å². The quantitative estimate of drug-likeness (QED) is 0.642. The Labute approximate surface area is 173 Å². The second kappa shape index (κ2) is 7.92. The van der Waals surface area contributed by atoms with E-state index in [1.807, 2.05) is 55.5 Å². The summed E-state index contributed by atoms with van der Waals surface area (Å²) >= 11 is 3.44. The van der Waals surface area contributed by atoms with Crippen molar-refractivity contribution in [1.29, 1.82) is 0 Å². The molecular weight excluding hydrogens is 418 g/mol. The number of ketones is 1. The van der Waals surface area contributed by atoms with E-state index in [9.17, 15) is 9.59 Å². The summed E-state index contributed by atoms with van der Waals surface area (Å²) in [6.07, 6.45) is 2.31. The second-order valence-corrected chi connectivity index (χ2v) is 7.99. The first-order valence-corrected chi connectivity index (χ1v) is 10.5. The molecule has 4 rings (SSSR count). The number of anilines is 1. The zero-order valence-electron chi connectivity index (χ0n) is 15.8. The monoisotopic (exact) mass is 439 g/mol. The summed E-state index contributed by atoms with van der Waals surface area (Å²) in [5.41, 5.74) is 3.37. The second-order valence-electron chi connectivity index (χ2n) is 7.07. The molecule has 0 bridgehead atoms. The van der Waals surface area contributed by atoms with Gasteiger partial charge in [-0.1, -0.05) is 34.1 Å². The van der Waals surface area contributed by atoms with E-state index in [4.69, 9.17) is 4.74 Å². The Balaban J connectivity index is 1.85. The van der Waals surface area contributed by atoms with Crippen LogP contribution in [0.5, 0.6) is 5.75 Å². The van der Waals surface area contributed by atoms with Crippen LogP contribution in [0.15, 0.2) is 64.3 Å². The minimum absolute atomic E-state index is 0.0204. The standard InChI is InChI=1S/C23H22BrNO3/c1-2-28-21-9-4-3-6-17(21)18-14-22(27)25(16-12-10-15(24)11-13-16)19-7-5-8-20(26)23(18)19/h3-4,6,9-13,18H,2,5,7-8,14H2,1H3. The summed E-state index contributed by atoms with van der Waals surface area (Å²) in [7, 11) is 0. The average molecular weight is 440 g/mol. The fourth-order valence-corrected chi connectivity index (χ4v) is 4.47. The molecule has 1 amide bonds. The van der Waals surface area contributed by atoms with Gasteiger partial charge in [-0.25, -0.2) is 0 Å². The molecule has 5 heteroatoms. The van der Waals surface area contributed by atoms with Crippen molar-refractivity contribution in [3.8, 4) is 5.75 Å². The number of halogens is 1. The third-order valence-electron chi connectivity index (χ3n) is 5.35. The van der Waals surface area contributed by atoms with Crippen LogP contribution in [0.2, 0.25) is 0 Å². The molecule has 2 aliphatic rings. The predicted octanol–water partition coefficient (Wildman–Crippen LogP) is 5.38. The number of hydrogen-bond acceptors (Lipinski definition) is 3. The van der Waals surface area contributed by atoms with Gasteiger partial charge < -0.3 is 4.74 Å². The topological polar surface area (TPSA) is 46.6 Å². The molecule has 144 valence electrons. The molecule has 0 fully saturated rings. The molecular formula is C23H22BrNO3. The van der Waals surface area contributed by atoms with Gasteiger partial charge in [-0.05, 0) is 50.1 Å². The molecule has 1 aliphatic heterocycles. The van der Waals surface area contributed by atoms with Crippen molar-refractivity contribution in [2.45, 2.75) is 38.5 Å². The lowest BCUT2D eigenvalue weighted by Crippen LogP contribution is -2.40. The van der Waals surface area contributed by atoms with Crippen LogP contribution in [-0.2, 0) is 9.59 Å². The van der Waals surface area contributed by atoms with Crippen LogP contribution in [0.25, 0.3) is 0 Å². The van der Waals surface area contributed by atoms with Crippen LogP contribution in [0.4, 0.5) is 5.69 Å². The predicted molar refractivity (Wildman–Crippen MR) is 112 cm³/mol. The number of carbonyl (C=O) groups excluding carboxylic acids is 2.